The Hall–Kier alpha value is -1.01. The number of morpholine rings is 1. The van der Waals surface area contributed by atoms with Gasteiger partial charge in [-0.1, -0.05) is 11.6 Å². The number of fused-ring (bicyclic) bond motifs is 1. The molecule has 1 fully saturated rings. The molecular weight excluding hydrogens is 294 g/mol. The summed E-state index contributed by atoms with van der Waals surface area (Å²) < 4.78 is 21.6. The molecule has 1 atom stereocenters. The number of halogens is 1. The molecule has 1 aromatic carbocycles. The van der Waals surface area contributed by atoms with Gasteiger partial charge in [-0.3, -0.25) is 4.90 Å². The van der Waals surface area contributed by atoms with Crippen LogP contribution in [0.5, 0.6) is 11.5 Å². The van der Waals surface area contributed by atoms with Gasteiger partial charge < -0.3 is 18.9 Å². The molecule has 116 valence electrons. The first-order valence-electron chi connectivity index (χ1n) is 7.17. The van der Waals surface area contributed by atoms with Crippen LogP contribution < -0.4 is 9.47 Å². The lowest BCUT2D eigenvalue weighted by Gasteiger charge is -2.33. The summed E-state index contributed by atoms with van der Waals surface area (Å²) in [5.74, 6) is 1.50. The summed E-state index contributed by atoms with van der Waals surface area (Å²) in [6, 6.07) is 3.81. The predicted molar refractivity (Wildman–Crippen MR) is 79.1 cm³/mol. The Morgan fingerprint density at radius 2 is 2.14 bits per heavy atom. The maximum absolute atomic E-state index is 6.33. The van der Waals surface area contributed by atoms with Gasteiger partial charge in [-0.25, -0.2) is 0 Å². The van der Waals surface area contributed by atoms with Gasteiger partial charge in [0.15, 0.2) is 11.5 Å². The van der Waals surface area contributed by atoms with Gasteiger partial charge in [-0.05, 0) is 18.1 Å². The quantitative estimate of drug-likeness (QED) is 0.834. The highest BCUT2D eigenvalue weighted by Gasteiger charge is 2.22. The van der Waals surface area contributed by atoms with Crippen molar-refractivity contribution in [2.24, 2.45) is 0 Å². The summed E-state index contributed by atoms with van der Waals surface area (Å²) in [5.41, 5.74) is 1.06. The zero-order valence-corrected chi connectivity index (χ0v) is 12.9. The monoisotopic (exact) mass is 313 g/mol. The third kappa shape index (κ3) is 3.61. The van der Waals surface area contributed by atoms with Crippen molar-refractivity contribution in [3.05, 3.63) is 22.7 Å². The third-order valence-corrected chi connectivity index (χ3v) is 4.15. The van der Waals surface area contributed by atoms with Crippen molar-refractivity contribution in [2.75, 3.05) is 40.2 Å². The lowest BCUT2D eigenvalue weighted by atomic mass is 10.1. The summed E-state index contributed by atoms with van der Waals surface area (Å²) in [4.78, 5) is 2.35. The average Bonchev–Trinajstić information content (AvgIpc) is 2.93. The van der Waals surface area contributed by atoms with Gasteiger partial charge in [0.1, 0.15) is 0 Å². The molecule has 1 unspecified atom stereocenters. The molecule has 0 N–H and O–H groups in total. The number of hydrogen-bond acceptors (Lipinski definition) is 5. The first-order valence-corrected chi connectivity index (χ1v) is 7.55. The van der Waals surface area contributed by atoms with E-state index in [0.717, 1.165) is 61.4 Å². The fraction of sp³-hybridized carbons (Fsp3) is 0.600. The topological polar surface area (TPSA) is 40.2 Å². The van der Waals surface area contributed by atoms with E-state index in [9.17, 15) is 0 Å². The molecule has 6 heteroatoms. The Morgan fingerprint density at radius 3 is 2.95 bits per heavy atom. The van der Waals surface area contributed by atoms with Crippen LogP contribution in [0.2, 0.25) is 5.02 Å². The van der Waals surface area contributed by atoms with Crippen molar-refractivity contribution < 1.29 is 18.9 Å². The second-order valence-corrected chi connectivity index (χ2v) is 5.71. The van der Waals surface area contributed by atoms with Crippen LogP contribution in [-0.4, -0.2) is 51.2 Å². The molecule has 0 amide bonds. The minimum absolute atomic E-state index is 0.228. The van der Waals surface area contributed by atoms with Crippen LogP contribution in [0.15, 0.2) is 12.1 Å². The van der Waals surface area contributed by atoms with Crippen LogP contribution in [0.3, 0.4) is 0 Å². The molecule has 2 heterocycles. The van der Waals surface area contributed by atoms with E-state index in [2.05, 4.69) is 4.90 Å². The van der Waals surface area contributed by atoms with E-state index in [0.29, 0.717) is 0 Å². The van der Waals surface area contributed by atoms with E-state index in [1.54, 1.807) is 7.11 Å². The molecular formula is C15H20ClNO4. The van der Waals surface area contributed by atoms with E-state index in [4.69, 9.17) is 30.5 Å². The molecule has 0 aromatic heterocycles. The fourth-order valence-electron chi connectivity index (χ4n) is 2.67. The number of ether oxygens (including phenoxy) is 4. The van der Waals surface area contributed by atoms with Crippen molar-refractivity contribution in [3.8, 4) is 11.5 Å². The standard InChI is InChI=1S/C15H20ClNO4/c1-18-4-2-12-9-17(3-5-19-12)8-11-6-14-15(7-13(11)16)21-10-20-14/h6-7,12H,2-5,8-10H2,1H3. The van der Waals surface area contributed by atoms with Crippen molar-refractivity contribution in [1.82, 2.24) is 4.90 Å². The minimum Gasteiger partial charge on any atom is -0.454 e. The predicted octanol–water partition coefficient (Wildman–Crippen LogP) is 2.31. The van der Waals surface area contributed by atoms with Crippen molar-refractivity contribution in [1.29, 1.82) is 0 Å². The van der Waals surface area contributed by atoms with Gasteiger partial charge in [-0.2, -0.15) is 0 Å². The van der Waals surface area contributed by atoms with Gasteiger partial charge in [0.05, 0.1) is 12.7 Å². The molecule has 0 saturated carbocycles. The maximum Gasteiger partial charge on any atom is 0.231 e. The second-order valence-electron chi connectivity index (χ2n) is 5.31. The van der Waals surface area contributed by atoms with E-state index in [-0.39, 0.29) is 12.9 Å². The lowest BCUT2D eigenvalue weighted by Crippen LogP contribution is -2.42. The van der Waals surface area contributed by atoms with Crippen molar-refractivity contribution in [3.63, 3.8) is 0 Å². The van der Waals surface area contributed by atoms with E-state index < -0.39 is 0 Å². The lowest BCUT2D eigenvalue weighted by molar-refractivity contribution is -0.0432. The summed E-state index contributed by atoms with van der Waals surface area (Å²) in [6.45, 7) is 4.34. The van der Waals surface area contributed by atoms with Crippen LogP contribution in [0.4, 0.5) is 0 Å². The fourth-order valence-corrected chi connectivity index (χ4v) is 2.88. The van der Waals surface area contributed by atoms with Crippen molar-refractivity contribution in [2.45, 2.75) is 19.1 Å². The van der Waals surface area contributed by atoms with Gasteiger partial charge in [0.2, 0.25) is 6.79 Å². The molecule has 0 aliphatic carbocycles. The molecule has 0 radical (unpaired) electrons. The largest absolute Gasteiger partial charge is 0.454 e. The third-order valence-electron chi connectivity index (χ3n) is 3.80. The Morgan fingerprint density at radius 1 is 1.33 bits per heavy atom. The van der Waals surface area contributed by atoms with Crippen LogP contribution in [-0.2, 0) is 16.0 Å². The van der Waals surface area contributed by atoms with Crippen molar-refractivity contribution >= 4 is 11.6 Å². The molecule has 3 rings (SSSR count). The highest BCUT2D eigenvalue weighted by Crippen LogP contribution is 2.37. The van der Waals surface area contributed by atoms with Crippen LogP contribution >= 0.6 is 11.6 Å². The number of hydrogen-bond donors (Lipinski definition) is 0. The molecule has 0 bridgehead atoms. The Bertz CT molecular complexity index is 497. The molecule has 1 aromatic rings. The Kier molecular flexibility index (Phi) is 4.85. The normalized spacial score (nSPS) is 21.7. The first-order chi connectivity index (χ1) is 10.3. The first kappa shape index (κ1) is 14.9. The SMILES string of the molecule is COCCC1CN(Cc2cc3c(cc2Cl)OCO3)CCO1. The van der Waals surface area contributed by atoms with E-state index in [1.807, 2.05) is 12.1 Å². The molecule has 21 heavy (non-hydrogen) atoms. The Labute approximate surface area is 129 Å². The number of nitrogens with zero attached hydrogens (tertiary/aromatic N) is 1. The Balaban J connectivity index is 1.63. The van der Waals surface area contributed by atoms with E-state index >= 15 is 0 Å². The summed E-state index contributed by atoms with van der Waals surface area (Å²) >= 11 is 6.33. The molecule has 0 spiro atoms. The summed E-state index contributed by atoms with van der Waals surface area (Å²) in [6.07, 6.45) is 1.15. The van der Waals surface area contributed by atoms with E-state index in [1.165, 1.54) is 0 Å². The van der Waals surface area contributed by atoms with Crippen LogP contribution in [0, 0.1) is 0 Å². The minimum atomic E-state index is 0.228. The van der Waals surface area contributed by atoms with Crippen LogP contribution in [0.25, 0.3) is 0 Å². The highest BCUT2D eigenvalue weighted by molar-refractivity contribution is 6.31. The van der Waals surface area contributed by atoms with Crippen LogP contribution in [0.1, 0.15) is 12.0 Å². The number of rotatable bonds is 5. The second kappa shape index (κ2) is 6.83. The van der Waals surface area contributed by atoms with Gasteiger partial charge >= 0.3 is 0 Å². The smallest absolute Gasteiger partial charge is 0.231 e. The average molecular weight is 314 g/mol. The molecule has 2 aliphatic heterocycles. The zero-order valence-electron chi connectivity index (χ0n) is 12.1. The molecule has 5 nitrogen and oxygen atoms in total. The summed E-state index contributed by atoms with van der Waals surface area (Å²) in [5, 5.41) is 0.721. The highest BCUT2D eigenvalue weighted by atomic mass is 35.5. The van der Waals surface area contributed by atoms with Gasteiger partial charge in [0.25, 0.3) is 0 Å². The number of methoxy groups -OCH3 is 1. The molecule has 1 saturated heterocycles. The maximum atomic E-state index is 6.33. The number of benzene rings is 1. The van der Waals surface area contributed by atoms with Gasteiger partial charge in [0, 0.05) is 44.4 Å². The zero-order chi connectivity index (χ0) is 14.7. The van der Waals surface area contributed by atoms with Gasteiger partial charge in [-0.15, -0.1) is 0 Å². The summed E-state index contributed by atoms with van der Waals surface area (Å²) in [7, 11) is 1.72. The molecule has 2 aliphatic rings.